The second-order valence-electron chi connectivity index (χ2n) is 5.76. The Kier molecular flexibility index (Phi) is 8.83. The first kappa shape index (κ1) is 18.7. The minimum atomic E-state index is -0.314. The fraction of sp³-hybridized carbons (Fsp3) is 0.556. The highest BCUT2D eigenvalue weighted by Crippen LogP contribution is 2.24. The molecule has 1 N–H and O–H groups in total. The van der Waals surface area contributed by atoms with E-state index in [2.05, 4.69) is 12.2 Å². The summed E-state index contributed by atoms with van der Waals surface area (Å²) in [7, 11) is 0. The number of hydrogen-bond acceptors (Lipinski definition) is 2. The molecule has 22 heavy (non-hydrogen) atoms. The highest BCUT2D eigenvalue weighted by atomic mass is 35.5. The lowest BCUT2D eigenvalue weighted by atomic mass is 10.0. The Hall–Kier alpha value is -1.35. The van der Waals surface area contributed by atoms with Gasteiger partial charge >= 0.3 is 0 Å². The average molecular weight is 324 g/mol. The zero-order valence-corrected chi connectivity index (χ0v) is 14.3. The molecule has 0 bridgehead atoms. The van der Waals surface area contributed by atoms with E-state index in [1.807, 2.05) is 12.1 Å². The van der Waals surface area contributed by atoms with E-state index in [4.69, 9.17) is 11.6 Å². The number of nitrogens with one attached hydrogen (secondary N) is 1. The quantitative estimate of drug-likeness (QED) is 0.477. The first-order valence-corrected chi connectivity index (χ1v) is 8.48. The molecule has 0 heterocycles. The number of benzene rings is 1. The van der Waals surface area contributed by atoms with E-state index in [1.54, 1.807) is 6.07 Å². The smallest absolute Gasteiger partial charge is 0.231 e. The van der Waals surface area contributed by atoms with Crippen LogP contribution in [0.25, 0.3) is 0 Å². The van der Waals surface area contributed by atoms with Crippen LogP contribution in [0.5, 0.6) is 0 Å². The summed E-state index contributed by atoms with van der Waals surface area (Å²) in [5, 5.41) is 3.21. The van der Waals surface area contributed by atoms with E-state index in [9.17, 15) is 9.59 Å². The van der Waals surface area contributed by atoms with Crippen molar-refractivity contribution in [3.63, 3.8) is 0 Å². The van der Waals surface area contributed by atoms with E-state index >= 15 is 0 Å². The molecule has 0 aliphatic heterocycles. The van der Waals surface area contributed by atoms with Gasteiger partial charge < -0.3 is 5.32 Å². The summed E-state index contributed by atoms with van der Waals surface area (Å²) < 4.78 is 0. The maximum absolute atomic E-state index is 11.7. The zero-order valence-electron chi connectivity index (χ0n) is 13.6. The van der Waals surface area contributed by atoms with Crippen LogP contribution in [0.1, 0.15) is 64.4 Å². The minimum absolute atomic E-state index is 0.113. The predicted octanol–water partition coefficient (Wildman–Crippen LogP) is 5.16. The van der Waals surface area contributed by atoms with Crippen molar-refractivity contribution in [2.45, 2.75) is 65.2 Å². The Bertz CT molecular complexity index is 500. The second-order valence-corrected chi connectivity index (χ2v) is 6.17. The topological polar surface area (TPSA) is 46.2 Å². The Morgan fingerprint density at radius 1 is 1.09 bits per heavy atom. The molecule has 0 radical (unpaired) electrons. The Morgan fingerprint density at radius 2 is 1.77 bits per heavy atom. The van der Waals surface area contributed by atoms with Crippen molar-refractivity contribution in [1.82, 2.24) is 0 Å². The average Bonchev–Trinajstić information content (AvgIpc) is 2.45. The summed E-state index contributed by atoms with van der Waals surface area (Å²) in [6.07, 6.45) is 8.42. The van der Waals surface area contributed by atoms with Gasteiger partial charge in [-0.2, -0.15) is 0 Å². The van der Waals surface area contributed by atoms with Crippen LogP contribution in [0.4, 0.5) is 5.69 Å². The molecule has 1 aromatic carbocycles. The molecule has 0 aliphatic carbocycles. The zero-order chi connectivity index (χ0) is 16.4. The van der Waals surface area contributed by atoms with Crippen molar-refractivity contribution in [3.8, 4) is 0 Å². The molecule has 1 aromatic rings. The maximum atomic E-state index is 11.7. The summed E-state index contributed by atoms with van der Waals surface area (Å²) >= 11 is 6.10. The number of anilines is 1. The van der Waals surface area contributed by atoms with E-state index < -0.39 is 0 Å². The monoisotopic (exact) mass is 323 g/mol. The molecule has 122 valence electrons. The van der Waals surface area contributed by atoms with Crippen LogP contribution in [0.15, 0.2) is 18.2 Å². The van der Waals surface area contributed by atoms with Crippen LogP contribution in [-0.4, -0.2) is 11.7 Å². The van der Waals surface area contributed by atoms with Gasteiger partial charge in [0, 0.05) is 0 Å². The van der Waals surface area contributed by atoms with Crippen LogP contribution in [0.3, 0.4) is 0 Å². The number of hydrogen-bond donors (Lipinski definition) is 1. The van der Waals surface area contributed by atoms with Gasteiger partial charge in [0.05, 0.1) is 17.1 Å². The first-order chi connectivity index (χ1) is 10.5. The summed E-state index contributed by atoms with van der Waals surface area (Å²) in [6.45, 7) is 3.62. The molecule has 1 amide bonds. The van der Waals surface area contributed by atoms with Crippen molar-refractivity contribution in [2.24, 2.45) is 0 Å². The number of aryl methyl sites for hydroxylation is 1. The number of ketones is 1. The molecule has 0 fully saturated rings. The van der Waals surface area contributed by atoms with Gasteiger partial charge in [0.1, 0.15) is 5.78 Å². The van der Waals surface area contributed by atoms with Gasteiger partial charge in [-0.1, -0.05) is 56.7 Å². The third-order valence-electron chi connectivity index (χ3n) is 3.53. The lowest BCUT2D eigenvalue weighted by molar-refractivity contribution is -0.124. The number of carbonyl (C=O) groups excluding carboxylic acids is 2. The maximum Gasteiger partial charge on any atom is 0.231 e. The Morgan fingerprint density at radius 3 is 2.45 bits per heavy atom. The molecule has 0 aromatic heterocycles. The minimum Gasteiger partial charge on any atom is -0.324 e. The third kappa shape index (κ3) is 7.60. The van der Waals surface area contributed by atoms with Gasteiger partial charge in [-0.15, -0.1) is 0 Å². The van der Waals surface area contributed by atoms with E-state index in [1.165, 1.54) is 39.0 Å². The van der Waals surface area contributed by atoms with Crippen LogP contribution < -0.4 is 5.32 Å². The van der Waals surface area contributed by atoms with E-state index in [0.717, 1.165) is 18.4 Å². The number of amides is 1. The van der Waals surface area contributed by atoms with Gasteiger partial charge in [0.25, 0.3) is 0 Å². The van der Waals surface area contributed by atoms with Crippen molar-refractivity contribution in [3.05, 3.63) is 28.8 Å². The largest absolute Gasteiger partial charge is 0.324 e. The van der Waals surface area contributed by atoms with E-state index in [0.29, 0.717) is 10.7 Å². The molecule has 0 saturated heterocycles. The van der Waals surface area contributed by atoms with Crippen LogP contribution in [0.2, 0.25) is 5.02 Å². The molecule has 0 unspecified atom stereocenters. The summed E-state index contributed by atoms with van der Waals surface area (Å²) in [6, 6.07) is 5.71. The van der Waals surface area contributed by atoms with Crippen molar-refractivity contribution in [2.75, 3.05) is 5.32 Å². The second kappa shape index (κ2) is 10.4. The van der Waals surface area contributed by atoms with Crippen molar-refractivity contribution >= 4 is 29.0 Å². The molecule has 4 heteroatoms. The Labute approximate surface area is 138 Å². The lowest BCUT2D eigenvalue weighted by Crippen LogP contribution is -2.15. The van der Waals surface area contributed by atoms with Crippen LogP contribution >= 0.6 is 11.6 Å². The molecular formula is C18H26ClNO2. The molecule has 1 rings (SSSR count). The number of unbranched alkanes of at least 4 members (excludes halogenated alkanes) is 5. The number of halogens is 1. The molecule has 0 spiro atoms. The fourth-order valence-electron chi connectivity index (χ4n) is 2.35. The van der Waals surface area contributed by atoms with Crippen LogP contribution in [0, 0.1) is 0 Å². The van der Waals surface area contributed by atoms with Crippen LogP contribution in [-0.2, 0) is 16.0 Å². The molecule has 0 saturated carbocycles. The first-order valence-electron chi connectivity index (χ1n) is 8.10. The van der Waals surface area contributed by atoms with Crippen molar-refractivity contribution < 1.29 is 9.59 Å². The van der Waals surface area contributed by atoms with Gasteiger partial charge in [0.15, 0.2) is 0 Å². The molecule has 0 aliphatic rings. The normalized spacial score (nSPS) is 10.5. The Balaban J connectivity index is 2.47. The highest BCUT2D eigenvalue weighted by molar-refractivity contribution is 6.33. The van der Waals surface area contributed by atoms with Gasteiger partial charge in [-0.3, -0.25) is 9.59 Å². The summed E-state index contributed by atoms with van der Waals surface area (Å²) in [4.78, 5) is 22.6. The third-order valence-corrected chi connectivity index (χ3v) is 3.86. The van der Waals surface area contributed by atoms with E-state index in [-0.39, 0.29) is 18.1 Å². The van der Waals surface area contributed by atoms with Gasteiger partial charge in [-0.05, 0) is 37.5 Å². The fourth-order valence-corrected chi connectivity index (χ4v) is 2.52. The SMILES string of the molecule is CCCCCCCCc1ccc(Cl)c(NC(=O)CC(C)=O)c1. The summed E-state index contributed by atoms with van der Waals surface area (Å²) in [5.74, 6) is -0.469. The number of rotatable bonds is 10. The number of Topliss-reactive ketones (excluding diaryl/α,β-unsaturated/α-hetero) is 1. The predicted molar refractivity (Wildman–Crippen MR) is 92.5 cm³/mol. The van der Waals surface area contributed by atoms with Crippen molar-refractivity contribution in [1.29, 1.82) is 0 Å². The molecular weight excluding hydrogens is 298 g/mol. The molecule has 0 atom stereocenters. The standard InChI is InChI=1S/C18H26ClNO2/c1-3-4-5-6-7-8-9-15-10-11-16(19)17(13-15)20-18(22)12-14(2)21/h10-11,13H,3-9,12H2,1-2H3,(H,20,22). The number of carbonyl (C=O) groups is 2. The molecule has 3 nitrogen and oxygen atoms in total. The highest BCUT2D eigenvalue weighted by Gasteiger charge is 2.09. The van der Waals surface area contributed by atoms with Gasteiger partial charge in [0.2, 0.25) is 5.91 Å². The van der Waals surface area contributed by atoms with Gasteiger partial charge in [-0.25, -0.2) is 0 Å². The summed E-state index contributed by atoms with van der Waals surface area (Å²) in [5.41, 5.74) is 1.76. The lowest BCUT2D eigenvalue weighted by Gasteiger charge is -2.09.